The molecule has 2 aromatic carbocycles. The Balaban J connectivity index is 2.04. The third-order valence-electron chi connectivity index (χ3n) is 3.35. The number of aromatic amines is 2. The van der Waals surface area contributed by atoms with Crippen LogP contribution in [0.5, 0.6) is 0 Å². The highest BCUT2D eigenvalue weighted by atomic mass is 32.2. The first kappa shape index (κ1) is 15.0. The molecule has 0 radical (unpaired) electrons. The second-order valence-electron chi connectivity index (χ2n) is 4.99. The van der Waals surface area contributed by atoms with Gasteiger partial charge in [-0.1, -0.05) is 12.1 Å². The maximum absolute atomic E-state index is 12.5. The average Bonchev–Trinajstić information content (AvgIpc) is 2.86. The van der Waals surface area contributed by atoms with Crippen molar-refractivity contribution in [1.29, 1.82) is 0 Å². The van der Waals surface area contributed by atoms with Crippen molar-refractivity contribution in [2.24, 2.45) is 0 Å². The highest BCUT2D eigenvalue weighted by Crippen LogP contribution is 2.22. The molecular weight excluding hydrogens is 318 g/mol. The molecule has 0 bridgehead atoms. The van der Waals surface area contributed by atoms with Crippen LogP contribution in [0.3, 0.4) is 0 Å². The maximum Gasteiger partial charge on any atom is 0.323 e. The number of ketones is 1. The SMILES string of the molecule is CC(=O)c1ccccc1NS(=O)(=O)c1ccc2[nH]c(=O)[nH]c2c1. The summed E-state index contributed by atoms with van der Waals surface area (Å²) in [5.41, 5.74) is 0.982. The van der Waals surface area contributed by atoms with Gasteiger partial charge in [-0.25, -0.2) is 13.2 Å². The number of H-pyrrole nitrogens is 2. The normalized spacial score (nSPS) is 11.5. The van der Waals surface area contributed by atoms with E-state index in [2.05, 4.69) is 14.7 Å². The highest BCUT2D eigenvalue weighted by Gasteiger charge is 2.18. The van der Waals surface area contributed by atoms with Crippen LogP contribution in [-0.4, -0.2) is 24.2 Å². The molecule has 118 valence electrons. The number of benzene rings is 2. The highest BCUT2D eigenvalue weighted by molar-refractivity contribution is 7.92. The zero-order valence-electron chi connectivity index (χ0n) is 12.1. The van der Waals surface area contributed by atoms with E-state index in [9.17, 15) is 18.0 Å². The smallest absolute Gasteiger partial charge is 0.306 e. The Labute approximate surface area is 131 Å². The Morgan fingerprint density at radius 3 is 2.48 bits per heavy atom. The molecule has 0 aliphatic carbocycles. The molecule has 0 unspecified atom stereocenters. The lowest BCUT2D eigenvalue weighted by atomic mass is 10.1. The quantitative estimate of drug-likeness (QED) is 0.633. The first-order valence-corrected chi connectivity index (χ1v) is 8.20. The summed E-state index contributed by atoms with van der Waals surface area (Å²) in [6.45, 7) is 1.36. The summed E-state index contributed by atoms with van der Waals surface area (Å²) in [5.74, 6) is -0.242. The molecule has 8 heteroatoms. The van der Waals surface area contributed by atoms with Crippen molar-refractivity contribution < 1.29 is 13.2 Å². The summed E-state index contributed by atoms with van der Waals surface area (Å²) in [7, 11) is -3.89. The first-order chi connectivity index (χ1) is 10.9. The number of imidazole rings is 1. The molecule has 0 amide bonds. The van der Waals surface area contributed by atoms with Gasteiger partial charge in [-0.05, 0) is 37.3 Å². The van der Waals surface area contributed by atoms with Crippen LogP contribution in [0.4, 0.5) is 5.69 Å². The van der Waals surface area contributed by atoms with Gasteiger partial charge in [-0.2, -0.15) is 0 Å². The van der Waals surface area contributed by atoms with Gasteiger partial charge in [-0.3, -0.25) is 9.52 Å². The van der Waals surface area contributed by atoms with Crippen molar-refractivity contribution in [3.8, 4) is 0 Å². The van der Waals surface area contributed by atoms with Crippen molar-refractivity contribution in [2.45, 2.75) is 11.8 Å². The number of para-hydroxylation sites is 1. The first-order valence-electron chi connectivity index (χ1n) is 6.72. The predicted molar refractivity (Wildman–Crippen MR) is 86.2 cm³/mol. The zero-order chi connectivity index (χ0) is 16.6. The number of sulfonamides is 1. The Bertz CT molecular complexity index is 1060. The fourth-order valence-electron chi connectivity index (χ4n) is 2.26. The van der Waals surface area contributed by atoms with Crippen molar-refractivity contribution in [3.63, 3.8) is 0 Å². The van der Waals surface area contributed by atoms with Gasteiger partial charge in [0.15, 0.2) is 5.78 Å². The van der Waals surface area contributed by atoms with Crippen LogP contribution in [-0.2, 0) is 10.0 Å². The van der Waals surface area contributed by atoms with E-state index in [0.29, 0.717) is 11.0 Å². The summed E-state index contributed by atoms with van der Waals surface area (Å²) < 4.78 is 27.4. The Kier molecular flexibility index (Phi) is 3.53. The van der Waals surface area contributed by atoms with Crippen LogP contribution in [0.2, 0.25) is 0 Å². The minimum atomic E-state index is -3.89. The minimum Gasteiger partial charge on any atom is -0.306 e. The van der Waals surface area contributed by atoms with Crippen molar-refractivity contribution in [3.05, 3.63) is 58.5 Å². The molecule has 0 aliphatic rings. The number of hydrogen-bond donors (Lipinski definition) is 3. The molecular formula is C15H13N3O4S. The van der Waals surface area contributed by atoms with Gasteiger partial charge < -0.3 is 9.97 Å². The van der Waals surface area contributed by atoms with E-state index in [1.54, 1.807) is 18.2 Å². The fraction of sp³-hybridized carbons (Fsp3) is 0.0667. The van der Waals surface area contributed by atoms with E-state index in [1.807, 2.05) is 0 Å². The van der Waals surface area contributed by atoms with E-state index >= 15 is 0 Å². The summed E-state index contributed by atoms with van der Waals surface area (Å²) >= 11 is 0. The number of fused-ring (bicyclic) bond motifs is 1. The molecule has 23 heavy (non-hydrogen) atoms. The average molecular weight is 331 g/mol. The third-order valence-corrected chi connectivity index (χ3v) is 4.71. The van der Waals surface area contributed by atoms with E-state index in [-0.39, 0.29) is 21.9 Å². The van der Waals surface area contributed by atoms with Crippen molar-refractivity contribution in [1.82, 2.24) is 9.97 Å². The molecule has 0 saturated carbocycles. The number of nitrogens with one attached hydrogen (secondary N) is 3. The van der Waals surface area contributed by atoms with Gasteiger partial charge in [0, 0.05) is 5.56 Å². The van der Waals surface area contributed by atoms with Crippen LogP contribution in [0, 0.1) is 0 Å². The van der Waals surface area contributed by atoms with Gasteiger partial charge in [0.1, 0.15) is 0 Å². The van der Waals surface area contributed by atoms with Crippen molar-refractivity contribution in [2.75, 3.05) is 4.72 Å². The molecule has 0 atom stereocenters. The molecule has 7 nitrogen and oxygen atoms in total. The largest absolute Gasteiger partial charge is 0.323 e. The summed E-state index contributed by atoms with van der Waals surface area (Å²) in [6.07, 6.45) is 0. The standard InChI is InChI=1S/C15H13N3O4S/c1-9(19)11-4-2-3-5-12(11)18-23(21,22)10-6-7-13-14(8-10)17-15(20)16-13/h2-8,18H,1H3,(H2,16,17,20). The molecule has 1 aromatic heterocycles. The number of carbonyl (C=O) groups is 1. The molecule has 3 rings (SSSR count). The van der Waals surface area contributed by atoms with Crippen molar-refractivity contribution >= 4 is 32.5 Å². The van der Waals surface area contributed by atoms with Crippen LogP contribution >= 0.6 is 0 Å². The third kappa shape index (κ3) is 2.88. The maximum atomic E-state index is 12.5. The molecule has 0 saturated heterocycles. The topological polar surface area (TPSA) is 112 Å². The van der Waals surface area contributed by atoms with E-state index < -0.39 is 15.7 Å². The van der Waals surface area contributed by atoms with Gasteiger partial charge in [0.05, 0.1) is 21.6 Å². The Morgan fingerprint density at radius 2 is 1.74 bits per heavy atom. The van der Waals surface area contributed by atoms with Gasteiger partial charge >= 0.3 is 5.69 Å². The van der Waals surface area contributed by atoms with Crippen LogP contribution in [0.15, 0.2) is 52.2 Å². The minimum absolute atomic E-state index is 0.0152. The van der Waals surface area contributed by atoms with Gasteiger partial charge in [0.25, 0.3) is 10.0 Å². The number of hydrogen-bond acceptors (Lipinski definition) is 4. The van der Waals surface area contributed by atoms with Gasteiger partial charge in [0.2, 0.25) is 0 Å². The fourth-order valence-corrected chi connectivity index (χ4v) is 3.37. The number of carbonyl (C=O) groups excluding carboxylic acids is 1. The number of Topliss-reactive ketones (excluding diaryl/α,β-unsaturated/α-hetero) is 1. The predicted octanol–water partition coefficient (Wildman–Crippen LogP) is 1.86. The van der Waals surface area contributed by atoms with E-state index in [1.165, 1.54) is 31.2 Å². The Morgan fingerprint density at radius 1 is 1.04 bits per heavy atom. The molecule has 0 aliphatic heterocycles. The van der Waals surface area contributed by atoms with E-state index in [0.717, 1.165) is 0 Å². The molecule has 0 spiro atoms. The number of anilines is 1. The number of rotatable bonds is 4. The second kappa shape index (κ2) is 5.40. The zero-order valence-corrected chi connectivity index (χ0v) is 12.9. The Hall–Kier alpha value is -2.87. The summed E-state index contributed by atoms with van der Waals surface area (Å²) in [5, 5.41) is 0. The lowest BCUT2D eigenvalue weighted by molar-refractivity contribution is 0.101. The molecule has 1 heterocycles. The lowest BCUT2D eigenvalue weighted by Crippen LogP contribution is -2.15. The molecule has 3 aromatic rings. The van der Waals surface area contributed by atoms with Crippen LogP contribution < -0.4 is 10.4 Å². The lowest BCUT2D eigenvalue weighted by Gasteiger charge is -2.11. The van der Waals surface area contributed by atoms with Crippen LogP contribution in [0.25, 0.3) is 11.0 Å². The van der Waals surface area contributed by atoms with E-state index in [4.69, 9.17) is 0 Å². The second-order valence-corrected chi connectivity index (χ2v) is 6.68. The number of aromatic nitrogens is 2. The van der Waals surface area contributed by atoms with Gasteiger partial charge in [-0.15, -0.1) is 0 Å². The summed E-state index contributed by atoms with van der Waals surface area (Å²) in [4.78, 5) is 27.9. The molecule has 3 N–H and O–H groups in total. The monoisotopic (exact) mass is 331 g/mol. The summed E-state index contributed by atoms with van der Waals surface area (Å²) in [6, 6.07) is 10.6. The molecule has 0 fully saturated rings. The van der Waals surface area contributed by atoms with Crippen LogP contribution in [0.1, 0.15) is 17.3 Å².